The van der Waals surface area contributed by atoms with Crippen LogP contribution < -0.4 is 0 Å². The molecule has 0 aromatic carbocycles. The molecular formula is C18H34O6. The fourth-order valence-corrected chi connectivity index (χ4v) is 1.64. The van der Waals surface area contributed by atoms with Crippen molar-refractivity contribution >= 4 is 5.97 Å². The fourth-order valence-electron chi connectivity index (χ4n) is 1.64. The molecule has 4 atom stereocenters. The zero-order valence-corrected chi connectivity index (χ0v) is 16.0. The highest BCUT2D eigenvalue weighted by atomic mass is 16.6. The third kappa shape index (κ3) is 12.5. The van der Waals surface area contributed by atoms with Gasteiger partial charge in [-0.3, -0.25) is 0 Å². The van der Waals surface area contributed by atoms with Crippen molar-refractivity contribution in [2.45, 2.75) is 66.0 Å². The molecule has 0 fully saturated rings. The van der Waals surface area contributed by atoms with E-state index in [0.29, 0.717) is 38.6 Å². The summed E-state index contributed by atoms with van der Waals surface area (Å²) in [7, 11) is 0. The summed E-state index contributed by atoms with van der Waals surface area (Å²) in [4.78, 5) is 11.4. The number of rotatable bonds is 14. The van der Waals surface area contributed by atoms with Crippen molar-refractivity contribution in [2.24, 2.45) is 0 Å². The van der Waals surface area contributed by atoms with Crippen molar-refractivity contribution in [1.82, 2.24) is 0 Å². The predicted octanol–water partition coefficient (Wildman–Crippen LogP) is 2.75. The molecule has 0 spiro atoms. The zero-order chi connectivity index (χ0) is 18.5. The van der Waals surface area contributed by atoms with Crippen LogP contribution in [0.4, 0.5) is 0 Å². The van der Waals surface area contributed by atoms with Crippen LogP contribution in [0.15, 0.2) is 12.2 Å². The van der Waals surface area contributed by atoms with Crippen molar-refractivity contribution in [2.75, 3.05) is 33.0 Å². The highest BCUT2D eigenvalue weighted by Crippen LogP contribution is 2.03. The smallest absolute Gasteiger partial charge is 0.333 e. The van der Waals surface area contributed by atoms with Crippen LogP contribution in [0.3, 0.4) is 0 Å². The van der Waals surface area contributed by atoms with Gasteiger partial charge in [0.15, 0.2) is 0 Å². The van der Waals surface area contributed by atoms with Crippen LogP contribution >= 0.6 is 0 Å². The summed E-state index contributed by atoms with van der Waals surface area (Å²) in [5.41, 5.74) is 0.380. The quantitative estimate of drug-likeness (QED) is 0.356. The van der Waals surface area contributed by atoms with Gasteiger partial charge in [0.05, 0.1) is 44.7 Å². The normalized spacial score (nSPS) is 16.2. The lowest BCUT2D eigenvalue weighted by Gasteiger charge is -2.21. The predicted molar refractivity (Wildman–Crippen MR) is 93.1 cm³/mol. The molecule has 0 aliphatic rings. The lowest BCUT2D eigenvalue weighted by Crippen LogP contribution is -2.28. The molecule has 0 saturated heterocycles. The lowest BCUT2D eigenvalue weighted by molar-refractivity contribution is -0.148. The Morgan fingerprint density at radius 2 is 1.25 bits per heavy atom. The number of carbonyl (C=O) groups is 1. The van der Waals surface area contributed by atoms with Gasteiger partial charge in [0.1, 0.15) is 6.10 Å². The molecular weight excluding hydrogens is 312 g/mol. The Kier molecular flexibility index (Phi) is 12.8. The maximum atomic E-state index is 11.4. The first kappa shape index (κ1) is 23.1. The van der Waals surface area contributed by atoms with Crippen molar-refractivity contribution < 1.29 is 28.5 Å². The molecule has 24 heavy (non-hydrogen) atoms. The van der Waals surface area contributed by atoms with Gasteiger partial charge in [-0.1, -0.05) is 6.58 Å². The summed E-state index contributed by atoms with van der Waals surface area (Å²) < 4.78 is 27.4. The van der Waals surface area contributed by atoms with Crippen LogP contribution in [-0.2, 0) is 28.5 Å². The van der Waals surface area contributed by atoms with E-state index >= 15 is 0 Å². The van der Waals surface area contributed by atoms with E-state index in [1.54, 1.807) is 13.8 Å². The summed E-state index contributed by atoms with van der Waals surface area (Å²) >= 11 is 0. The van der Waals surface area contributed by atoms with E-state index in [1.165, 1.54) is 0 Å². The van der Waals surface area contributed by atoms with E-state index in [9.17, 15) is 4.79 Å². The Balaban J connectivity index is 3.78. The molecule has 0 rings (SSSR count). The van der Waals surface area contributed by atoms with Gasteiger partial charge in [0.25, 0.3) is 0 Å². The summed E-state index contributed by atoms with van der Waals surface area (Å²) in [5.74, 6) is -0.401. The molecule has 0 amide bonds. The summed E-state index contributed by atoms with van der Waals surface area (Å²) in [5, 5.41) is 0. The van der Waals surface area contributed by atoms with Crippen LogP contribution in [-0.4, -0.2) is 63.4 Å². The first-order valence-corrected chi connectivity index (χ1v) is 8.55. The summed E-state index contributed by atoms with van der Waals surface area (Å²) in [6.45, 7) is 17.3. The van der Waals surface area contributed by atoms with Gasteiger partial charge < -0.3 is 23.7 Å². The molecule has 4 unspecified atom stereocenters. The van der Waals surface area contributed by atoms with Crippen LogP contribution in [0.25, 0.3) is 0 Å². The summed E-state index contributed by atoms with van der Waals surface area (Å²) in [6, 6.07) is 0. The number of hydrogen-bond acceptors (Lipinski definition) is 6. The van der Waals surface area contributed by atoms with Crippen molar-refractivity contribution in [3.05, 3.63) is 12.2 Å². The Morgan fingerprint density at radius 3 is 1.67 bits per heavy atom. The highest BCUT2D eigenvalue weighted by molar-refractivity contribution is 5.87. The molecule has 0 radical (unpaired) electrons. The molecule has 0 saturated carbocycles. The van der Waals surface area contributed by atoms with E-state index in [-0.39, 0.29) is 24.4 Å². The summed E-state index contributed by atoms with van der Waals surface area (Å²) in [6.07, 6.45) is -0.400. The van der Waals surface area contributed by atoms with Gasteiger partial charge in [-0.2, -0.15) is 0 Å². The van der Waals surface area contributed by atoms with E-state index in [4.69, 9.17) is 23.7 Å². The Morgan fingerprint density at radius 1 is 0.833 bits per heavy atom. The van der Waals surface area contributed by atoms with Gasteiger partial charge in [-0.05, 0) is 41.5 Å². The zero-order valence-electron chi connectivity index (χ0n) is 16.0. The van der Waals surface area contributed by atoms with Gasteiger partial charge in [0, 0.05) is 12.2 Å². The van der Waals surface area contributed by atoms with Crippen LogP contribution in [0.2, 0.25) is 0 Å². The Hall–Kier alpha value is -0.950. The molecule has 0 aliphatic heterocycles. The average Bonchev–Trinajstić information content (AvgIpc) is 2.53. The lowest BCUT2D eigenvalue weighted by atomic mass is 10.3. The third-order valence-electron chi connectivity index (χ3n) is 3.06. The molecule has 0 heterocycles. The SMILES string of the molecule is C=C(C)C(=O)OC(C)COC(C)COC(C)COC(C)COCC. The van der Waals surface area contributed by atoms with Crippen LogP contribution in [0.5, 0.6) is 0 Å². The molecule has 6 nitrogen and oxygen atoms in total. The molecule has 0 aliphatic carbocycles. The minimum Gasteiger partial charge on any atom is -0.457 e. The van der Waals surface area contributed by atoms with Crippen molar-refractivity contribution in [3.63, 3.8) is 0 Å². The maximum absolute atomic E-state index is 11.4. The second-order valence-corrected chi connectivity index (χ2v) is 6.09. The third-order valence-corrected chi connectivity index (χ3v) is 3.06. The van der Waals surface area contributed by atoms with Crippen molar-refractivity contribution in [3.8, 4) is 0 Å². The van der Waals surface area contributed by atoms with Gasteiger partial charge >= 0.3 is 5.97 Å². The molecule has 0 aromatic heterocycles. The molecule has 0 N–H and O–H groups in total. The van der Waals surface area contributed by atoms with Crippen LogP contribution in [0.1, 0.15) is 41.5 Å². The first-order chi connectivity index (χ1) is 11.3. The second-order valence-electron chi connectivity index (χ2n) is 6.09. The average molecular weight is 346 g/mol. The fraction of sp³-hybridized carbons (Fsp3) is 0.833. The largest absolute Gasteiger partial charge is 0.457 e. The highest BCUT2D eigenvalue weighted by Gasteiger charge is 2.13. The van der Waals surface area contributed by atoms with E-state index in [0.717, 1.165) is 0 Å². The van der Waals surface area contributed by atoms with E-state index < -0.39 is 5.97 Å². The molecule has 6 heteroatoms. The second kappa shape index (κ2) is 13.4. The minimum absolute atomic E-state index is 0.0289. The van der Waals surface area contributed by atoms with Crippen molar-refractivity contribution in [1.29, 1.82) is 0 Å². The molecule has 0 bridgehead atoms. The van der Waals surface area contributed by atoms with E-state index in [2.05, 4.69) is 6.58 Å². The number of carbonyl (C=O) groups excluding carboxylic acids is 1. The first-order valence-electron chi connectivity index (χ1n) is 8.55. The number of ether oxygens (including phenoxy) is 5. The van der Waals surface area contributed by atoms with E-state index in [1.807, 2.05) is 27.7 Å². The van der Waals surface area contributed by atoms with Gasteiger partial charge in [0.2, 0.25) is 0 Å². The van der Waals surface area contributed by atoms with Gasteiger partial charge in [-0.25, -0.2) is 4.79 Å². The monoisotopic (exact) mass is 346 g/mol. The standard InChI is InChI=1S/C18H34O6/c1-8-20-9-14(4)21-10-15(5)22-11-16(6)23-12-17(7)24-18(19)13(2)3/h14-17H,2,8-12H2,1,3-7H3. The van der Waals surface area contributed by atoms with Gasteiger partial charge in [-0.15, -0.1) is 0 Å². The molecule has 142 valence electrons. The minimum atomic E-state index is -0.401. The molecule has 0 aromatic rings. The number of hydrogen-bond donors (Lipinski definition) is 0. The Bertz CT molecular complexity index is 357. The number of esters is 1. The Labute approximate surface area is 146 Å². The topological polar surface area (TPSA) is 63.2 Å². The maximum Gasteiger partial charge on any atom is 0.333 e. The van der Waals surface area contributed by atoms with Crippen LogP contribution in [0, 0.1) is 0 Å².